The number of aryl methyl sites for hydroxylation is 1. The standard InChI is InChI=1S/C26H20Cl2FN3O3/c1-2-15-3-7-19(8-4-15)32-25(34)20-12-16-11-17(27)5-10-23(16)35-26(20)31(32)14-24(33)30-22-9-6-18(29)13-21(22)28/h3-11,13H,2,12,14H2,1H3,(H,30,33). The van der Waals surface area contributed by atoms with Crippen LogP contribution in [-0.2, 0) is 24.2 Å². The van der Waals surface area contributed by atoms with E-state index in [1.165, 1.54) is 21.5 Å². The van der Waals surface area contributed by atoms with Crippen LogP contribution in [0, 0.1) is 5.82 Å². The number of carbonyl (C=O) groups excluding carboxylic acids is 1. The predicted molar refractivity (Wildman–Crippen MR) is 134 cm³/mol. The Morgan fingerprint density at radius 3 is 2.57 bits per heavy atom. The average Bonchev–Trinajstić information content (AvgIpc) is 3.10. The van der Waals surface area contributed by atoms with Gasteiger partial charge >= 0.3 is 0 Å². The summed E-state index contributed by atoms with van der Waals surface area (Å²) in [6.45, 7) is 1.81. The highest BCUT2D eigenvalue weighted by molar-refractivity contribution is 6.33. The van der Waals surface area contributed by atoms with Crippen LogP contribution in [-0.4, -0.2) is 15.3 Å². The molecule has 0 saturated heterocycles. The molecule has 178 valence electrons. The SMILES string of the molecule is CCc1ccc(-n2c(=O)c3c(n2CC(=O)Nc2ccc(F)cc2Cl)Oc2ccc(Cl)cc2C3)cc1. The molecule has 0 bridgehead atoms. The Kier molecular flexibility index (Phi) is 6.13. The highest BCUT2D eigenvalue weighted by Gasteiger charge is 2.29. The third-order valence-electron chi connectivity index (χ3n) is 5.87. The summed E-state index contributed by atoms with van der Waals surface area (Å²) < 4.78 is 22.4. The van der Waals surface area contributed by atoms with Crippen molar-refractivity contribution in [2.75, 3.05) is 5.32 Å². The van der Waals surface area contributed by atoms with Gasteiger partial charge in [0.15, 0.2) is 0 Å². The zero-order chi connectivity index (χ0) is 24.7. The third kappa shape index (κ3) is 4.45. The van der Waals surface area contributed by atoms with Gasteiger partial charge in [0.2, 0.25) is 11.8 Å². The van der Waals surface area contributed by atoms with E-state index in [-0.39, 0.29) is 28.7 Å². The highest BCUT2D eigenvalue weighted by atomic mass is 35.5. The zero-order valence-corrected chi connectivity index (χ0v) is 20.2. The predicted octanol–water partition coefficient (Wildman–Crippen LogP) is 5.98. The summed E-state index contributed by atoms with van der Waals surface area (Å²) in [4.78, 5) is 26.6. The van der Waals surface area contributed by atoms with Gasteiger partial charge in [0.1, 0.15) is 18.1 Å². The number of nitrogens with one attached hydrogen (secondary N) is 1. The lowest BCUT2D eigenvalue weighted by Crippen LogP contribution is -2.27. The molecule has 4 aromatic rings. The number of ether oxygens (including phenoxy) is 1. The summed E-state index contributed by atoms with van der Waals surface area (Å²) in [6.07, 6.45) is 1.17. The van der Waals surface area contributed by atoms with Crippen LogP contribution in [0.1, 0.15) is 23.6 Å². The van der Waals surface area contributed by atoms with Crippen LogP contribution in [0.3, 0.4) is 0 Å². The molecular weight excluding hydrogens is 492 g/mol. The van der Waals surface area contributed by atoms with Crippen LogP contribution in [0.25, 0.3) is 5.69 Å². The molecule has 1 N–H and O–H groups in total. The summed E-state index contributed by atoms with van der Waals surface area (Å²) in [6, 6.07) is 16.5. The maximum Gasteiger partial charge on any atom is 0.278 e. The van der Waals surface area contributed by atoms with Gasteiger partial charge in [0.25, 0.3) is 5.56 Å². The fourth-order valence-electron chi connectivity index (χ4n) is 4.11. The van der Waals surface area contributed by atoms with Gasteiger partial charge in [-0.25, -0.2) is 13.8 Å². The number of anilines is 1. The van der Waals surface area contributed by atoms with Crippen LogP contribution >= 0.6 is 23.2 Å². The number of hydrogen-bond acceptors (Lipinski definition) is 3. The molecule has 0 saturated carbocycles. The first-order valence-electron chi connectivity index (χ1n) is 11.0. The Hall–Kier alpha value is -3.55. The topological polar surface area (TPSA) is 65.3 Å². The Morgan fingerprint density at radius 2 is 1.86 bits per heavy atom. The fraction of sp³-hybridized carbons (Fsp3) is 0.154. The normalized spacial score (nSPS) is 12.0. The van der Waals surface area contributed by atoms with Crippen LogP contribution in [0.15, 0.2) is 65.5 Å². The molecule has 0 fully saturated rings. The van der Waals surface area contributed by atoms with Crippen LogP contribution in [0.4, 0.5) is 10.1 Å². The number of halogens is 3. The Labute approximate surface area is 210 Å². The van der Waals surface area contributed by atoms with Crippen molar-refractivity contribution in [2.45, 2.75) is 26.3 Å². The molecule has 0 radical (unpaired) electrons. The van der Waals surface area contributed by atoms with Crippen molar-refractivity contribution in [3.8, 4) is 17.3 Å². The van der Waals surface area contributed by atoms with Crippen molar-refractivity contribution >= 4 is 34.8 Å². The van der Waals surface area contributed by atoms with E-state index >= 15 is 0 Å². The third-order valence-corrected chi connectivity index (χ3v) is 6.42. The van der Waals surface area contributed by atoms with Crippen molar-refractivity contribution in [3.05, 3.63) is 104 Å². The zero-order valence-electron chi connectivity index (χ0n) is 18.6. The van der Waals surface area contributed by atoms with Gasteiger partial charge < -0.3 is 10.1 Å². The van der Waals surface area contributed by atoms with E-state index in [2.05, 4.69) is 5.32 Å². The van der Waals surface area contributed by atoms with E-state index < -0.39 is 11.7 Å². The van der Waals surface area contributed by atoms with Crippen LogP contribution in [0.2, 0.25) is 10.0 Å². The second-order valence-electron chi connectivity index (χ2n) is 8.18. The van der Waals surface area contributed by atoms with E-state index in [0.717, 1.165) is 23.6 Å². The molecule has 1 amide bonds. The maximum absolute atomic E-state index is 13.6. The smallest absolute Gasteiger partial charge is 0.278 e. The number of hydrogen-bond donors (Lipinski definition) is 1. The number of aromatic nitrogens is 2. The van der Waals surface area contributed by atoms with E-state index in [4.69, 9.17) is 27.9 Å². The number of fused-ring (bicyclic) bond motifs is 2. The number of carbonyl (C=O) groups is 1. The van der Waals surface area contributed by atoms with Crippen LogP contribution in [0.5, 0.6) is 11.6 Å². The molecule has 0 spiro atoms. The average molecular weight is 512 g/mol. The minimum Gasteiger partial charge on any atom is -0.439 e. The van der Waals surface area contributed by atoms with E-state index in [1.54, 1.807) is 18.2 Å². The lowest BCUT2D eigenvalue weighted by Gasteiger charge is -2.20. The first-order chi connectivity index (χ1) is 16.8. The molecule has 6 nitrogen and oxygen atoms in total. The quantitative estimate of drug-likeness (QED) is 0.315. The van der Waals surface area contributed by atoms with Gasteiger partial charge in [0, 0.05) is 17.0 Å². The second kappa shape index (κ2) is 9.24. The molecule has 3 aromatic carbocycles. The number of amides is 1. The summed E-state index contributed by atoms with van der Waals surface area (Å²) in [7, 11) is 0. The highest BCUT2D eigenvalue weighted by Crippen LogP contribution is 2.37. The van der Waals surface area contributed by atoms with Crippen molar-refractivity contribution in [1.29, 1.82) is 0 Å². The van der Waals surface area contributed by atoms with Gasteiger partial charge in [-0.05, 0) is 60.5 Å². The molecule has 0 aliphatic carbocycles. The van der Waals surface area contributed by atoms with Crippen molar-refractivity contribution < 1.29 is 13.9 Å². The summed E-state index contributed by atoms with van der Waals surface area (Å²) >= 11 is 12.2. The first kappa shape index (κ1) is 23.2. The molecule has 35 heavy (non-hydrogen) atoms. The minimum atomic E-state index is -0.510. The molecule has 1 aliphatic rings. The fourth-order valence-corrected chi connectivity index (χ4v) is 4.52. The summed E-state index contributed by atoms with van der Waals surface area (Å²) in [5.41, 5.74) is 2.90. The van der Waals surface area contributed by atoms with Gasteiger partial charge in [-0.3, -0.25) is 9.59 Å². The molecule has 9 heteroatoms. The Balaban J connectivity index is 1.57. The molecule has 1 aliphatic heterocycles. The molecule has 2 heterocycles. The Morgan fingerprint density at radius 1 is 1.09 bits per heavy atom. The maximum atomic E-state index is 13.6. The van der Waals surface area contributed by atoms with Crippen molar-refractivity contribution in [1.82, 2.24) is 9.36 Å². The van der Waals surface area contributed by atoms with Gasteiger partial charge in [-0.2, -0.15) is 0 Å². The number of benzene rings is 3. The van der Waals surface area contributed by atoms with Crippen molar-refractivity contribution in [3.63, 3.8) is 0 Å². The molecule has 0 atom stereocenters. The van der Waals surface area contributed by atoms with E-state index in [0.29, 0.717) is 28.4 Å². The van der Waals surface area contributed by atoms with Crippen molar-refractivity contribution in [2.24, 2.45) is 0 Å². The largest absolute Gasteiger partial charge is 0.439 e. The van der Waals surface area contributed by atoms with Gasteiger partial charge in [-0.15, -0.1) is 0 Å². The lowest BCUT2D eigenvalue weighted by atomic mass is 10.0. The molecule has 0 unspecified atom stereocenters. The molecule has 5 rings (SSSR count). The summed E-state index contributed by atoms with van der Waals surface area (Å²) in [5.74, 6) is -0.120. The minimum absolute atomic E-state index is 0.0717. The summed E-state index contributed by atoms with van der Waals surface area (Å²) in [5, 5.41) is 3.29. The lowest BCUT2D eigenvalue weighted by molar-refractivity contribution is -0.117. The van der Waals surface area contributed by atoms with Gasteiger partial charge in [0.05, 0.1) is 22.0 Å². The number of rotatable bonds is 5. The monoisotopic (exact) mass is 511 g/mol. The van der Waals surface area contributed by atoms with Gasteiger partial charge in [-0.1, -0.05) is 42.3 Å². The first-order valence-corrected chi connectivity index (χ1v) is 11.7. The Bertz CT molecular complexity index is 1510. The molecule has 1 aromatic heterocycles. The second-order valence-corrected chi connectivity index (χ2v) is 9.03. The van der Waals surface area contributed by atoms with E-state index in [1.807, 2.05) is 31.2 Å². The molecular formula is C26H20Cl2FN3O3. The van der Waals surface area contributed by atoms with E-state index in [9.17, 15) is 14.0 Å². The van der Waals surface area contributed by atoms with Crippen LogP contribution < -0.4 is 15.6 Å². The number of nitrogens with zero attached hydrogens (tertiary/aromatic N) is 2.